The molecule has 0 saturated carbocycles. The van der Waals surface area contributed by atoms with Crippen LogP contribution < -0.4 is 10.6 Å². The van der Waals surface area contributed by atoms with Gasteiger partial charge in [-0.05, 0) is 71.4 Å². The lowest BCUT2D eigenvalue weighted by Gasteiger charge is -2.31. The van der Waals surface area contributed by atoms with Crippen LogP contribution in [0.1, 0.15) is 44.7 Å². The molecule has 0 radical (unpaired) electrons. The first kappa shape index (κ1) is 21.7. The molecule has 1 aliphatic rings. The van der Waals surface area contributed by atoms with Crippen LogP contribution in [0.2, 0.25) is 0 Å². The zero-order valence-corrected chi connectivity index (χ0v) is 17.1. The number of nitriles is 1. The monoisotopic (exact) mass is 386 g/mol. The SMILES string of the molecule is CN1CCC(NC(=O)[C@@H](Cc2ccc(C#N)cc2)NC(=O)OC(C)(C)C)CC1. The lowest BCUT2D eigenvalue weighted by Crippen LogP contribution is -2.53. The van der Waals surface area contributed by atoms with Crippen LogP contribution in [0.3, 0.4) is 0 Å². The van der Waals surface area contributed by atoms with E-state index in [-0.39, 0.29) is 11.9 Å². The summed E-state index contributed by atoms with van der Waals surface area (Å²) in [6, 6.07) is 8.43. The maximum absolute atomic E-state index is 12.9. The second kappa shape index (κ2) is 9.56. The number of carbonyl (C=O) groups excluding carboxylic acids is 2. The fourth-order valence-corrected chi connectivity index (χ4v) is 3.06. The third-order valence-corrected chi connectivity index (χ3v) is 4.60. The van der Waals surface area contributed by atoms with E-state index in [2.05, 4.69) is 28.7 Å². The van der Waals surface area contributed by atoms with Crippen LogP contribution in [0.5, 0.6) is 0 Å². The Kier molecular flexibility index (Phi) is 7.41. The number of rotatable bonds is 5. The second-order valence-corrected chi connectivity index (χ2v) is 8.30. The molecule has 0 unspecified atom stereocenters. The first-order chi connectivity index (χ1) is 13.2. The highest BCUT2D eigenvalue weighted by Gasteiger charge is 2.27. The van der Waals surface area contributed by atoms with E-state index in [1.807, 2.05) is 0 Å². The number of carbonyl (C=O) groups is 2. The summed E-state index contributed by atoms with van der Waals surface area (Å²) in [4.78, 5) is 27.3. The summed E-state index contributed by atoms with van der Waals surface area (Å²) in [5, 5.41) is 14.7. The van der Waals surface area contributed by atoms with Crippen LogP contribution in [0.15, 0.2) is 24.3 Å². The lowest BCUT2D eigenvalue weighted by atomic mass is 10.0. The highest BCUT2D eigenvalue weighted by Crippen LogP contribution is 2.12. The average Bonchev–Trinajstić information content (AvgIpc) is 2.62. The third kappa shape index (κ3) is 7.20. The molecule has 7 heteroatoms. The number of likely N-dealkylation sites (tertiary alicyclic amines) is 1. The Morgan fingerprint density at radius 1 is 1.25 bits per heavy atom. The minimum absolute atomic E-state index is 0.104. The average molecular weight is 386 g/mol. The smallest absolute Gasteiger partial charge is 0.408 e. The van der Waals surface area contributed by atoms with Gasteiger partial charge in [-0.3, -0.25) is 4.79 Å². The van der Waals surface area contributed by atoms with Gasteiger partial charge in [0.15, 0.2) is 0 Å². The zero-order chi connectivity index (χ0) is 20.7. The summed E-state index contributed by atoms with van der Waals surface area (Å²) in [5.41, 5.74) is 0.766. The normalized spacial score (nSPS) is 16.7. The molecule has 1 aromatic carbocycles. The van der Waals surface area contributed by atoms with Crippen molar-refractivity contribution in [3.8, 4) is 6.07 Å². The number of nitrogens with one attached hydrogen (secondary N) is 2. The topological polar surface area (TPSA) is 94.5 Å². The van der Waals surface area contributed by atoms with E-state index in [9.17, 15) is 9.59 Å². The molecule has 0 bridgehead atoms. The summed E-state index contributed by atoms with van der Waals surface area (Å²) in [6.07, 6.45) is 1.48. The van der Waals surface area contributed by atoms with Crippen molar-refractivity contribution in [3.05, 3.63) is 35.4 Å². The molecular formula is C21H30N4O3. The quantitative estimate of drug-likeness (QED) is 0.809. The van der Waals surface area contributed by atoms with Crippen molar-refractivity contribution in [1.82, 2.24) is 15.5 Å². The molecule has 7 nitrogen and oxygen atoms in total. The van der Waals surface area contributed by atoms with Crippen molar-refractivity contribution in [2.75, 3.05) is 20.1 Å². The Labute approximate surface area is 167 Å². The van der Waals surface area contributed by atoms with E-state index in [4.69, 9.17) is 10.00 Å². The Bertz CT molecular complexity index is 711. The van der Waals surface area contributed by atoms with Crippen molar-refractivity contribution >= 4 is 12.0 Å². The van der Waals surface area contributed by atoms with E-state index in [1.54, 1.807) is 45.0 Å². The molecule has 2 rings (SSSR count). The van der Waals surface area contributed by atoms with Crippen molar-refractivity contribution in [3.63, 3.8) is 0 Å². The van der Waals surface area contributed by atoms with Crippen LogP contribution in [-0.4, -0.2) is 54.7 Å². The van der Waals surface area contributed by atoms with Gasteiger partial charge in [0.25, 0.3) is 0 Å². The van der Waals surface area contributed by atoms with Crippen LogP contribution in [0.25, 0.3) is 0 Å². The Morgan fingerprint density at radius 3 is 2.39 bits per heavy atom. The number of benzene rings is 1. The number of alkyl carbamates (subject to hydrolysis) is 1. The van der Waals surface area contributed by atoms with E-state index in [0.717, 1.165) is 31.5 Å². The van der Waals surface area contributed by atoms with Gasteiger partial charge in [0, 0.05) is 12.5 Å². The first-order valence-electron chi connectivity index (χ1n) is 9.64. The van der Waals surface area contributed by atoms with Gasteiger partial charge in [0.05, 0.1) is 11.6 Å². The third-order valence-electron chi connectivity index (χ3n) is 4.60. The van der Waals surface area contributed by atoms with Crippen LogP contribution in [0, 0.1) is 11.3 Å². The molecule has 0 aromatic heterocycles. The highest BCUT2D eigenvalue weighted by molar-refractivity contribution is 5.86. The second-order valence-electron chi connectivity index (χ2n) is 8.30. The largest absolute Gasteiger partial charge is 0.444 e. The molecule has 1 aliphatic heterocycles. The van der Waals surface area contributed by atoms with Crippen molar-refractivity contribution < 1.29 is 14.3 Å². The molecule has 28 heavy (non-hydrogen) atoms. The van der Waals surface area contributed by atoms with Gasteiger partial charge in [-0.25, -0.2) is 4.79 Å². The summed E-state index contributed by atoms with van der Waals surface area (Å²) < 4.78 is 5.32. The summed E-state index contributed by atoms with van der Waals surface area (Å²) in [6.45, 7) is 7.21. The predicted molar refractivity (Wildman–Crippen MR) is 107 cm³/mol. The van der Waals surface area contributed by atoms with Gasteiger partial charge in [0.1, 0.15) is 11.6 Å². The van der Waals surface area contributed by atoms with Gasteiger partial charge in [-0.2, -0.15) is 5.26 Å². The molecule has 1 aromatic rings. The number of nitrogens with zero attached hydrogens (tertiary/aromatic N) is 2. The molecule has 1 saturated heterocycles. The van der Waals surface area contributed by atoms with Gasteiger partial charge < -0.3 is 20.3 Å². The lowest BCUT2D eigenvalue weighted by molar-refractivity contribution is -0.124. The Morgan fingerprint density at radius 2 is 1.86 bits per heavy atom. The molecule has 2 N–H and O–H groups in total. The minimum atomic E-state index is -0.748. The maximum atomic E-state index is 12.9. The van der Waals surface area contributed by atoms with Crippen LogP contribution in [0.4, 0.5) is 4.79 Å². The summed E-state index contributed by atoms with van der Waals surface area (Å²) >= 11 is 0. The molecule has 1 fully saturated rings. The molecule has 0 spiro atoms. The number of piperidine rings is 1. The fraction of sp³-hybridized carbons (Fsp3) is 0.571. The number of amides is 2. The fourth-order valence-electron chi connectivity index (χ4n) is 3.06. The van der Waals surface area contributed by atoms with Crippen LogP contribution in [-0.2, 0) is 16.0 Å². The molecule has 1 atom stereocenters. The summed E-state index contributed by atoms with van der Waals surface area (Å²) in [7, 11) is 2.07. The summed E-state index contributed by atoms with van der Waals surface area (Å²) in [5.74, 6) is -0.218. The van der Waals surface area contributed by atoms with Crippen LogP contribution >= 0.6 is 0 Å². The van der Waals surface area contributed by atoms with E-state index >= 15 is 0 Å². The standard InChI is InChI=1S/C21H30N4O3/c1-21(2,3)28-20(27)24-18(13-15-5-7-16(14-22)8-6-15)19(26)23-17-9-11-25(4)12-10-17/h5-8,17-18H,9-13H2,1-4H3,(H,23,26)(H,24,27)/t18-/m1/s1. The van der Waals surface area contributed by atoms with Gasteiger partial charge >= 0.3 is 6.09 Å². The van der Waals surface area contributed by atoms with E-state index < -0.39 is 17.7 Å². The van der Waals surface area contributed by atoms with E-state index in [0.29, 0.717) is 12.0 Å². The van der Waals surface area contributed by atoms with Gasteiger partial charge in [0.2, 0.25) is 5.91 Å². The number of ether oxygens (including phenoxy) is 1. The first-order valence-corrected chi connectivity index (χ1v) is 9.64. The number of hydrogen-bond acceptors (Lipinski definition) is 5. The Balaban J connectivity index is 2.06. The van der Waals surface area contributed by atoms with Crippen molar-refractivity contribution in [2.24, 2.45) is 0 Å². The molecule has 2 amide bonds. The van der Waals surface area contributed by atoms with Crippen molar-refractivity contribution in [2.45, 2.75) is 57.7 Å². The molecule has 1 heterocycles. The number of hydrogen-bond donors (Lipinski definition) is 2. The molecule has 152 valence electrons. The minimum Gasteiger partial charge on any atom is -0.444 e. The van der Waals surface area contributed by atoms with Gasteiger partial charge in [-0.1, -0.05) is 12.1 Å². The maximum Gasteiger partial charge on any atom is 0.408 e. The molecular weight excluding hydrogens is 356 g/mol. The van der Waals surface area contributed by atoms with Crippen molar-refractivity contribution in [1.29, 1.82) is 5.26 Å². The zero-order valence-electron chi connectivity index (χ0n) is 17.1. The predicted octanol–water partition coefficient (Wildman–Crippen LogP) is 2.20. The molecule has 0 aliphatic carbocycles. The Hall–Kier alpha value is -2.59. The van der Waals surface area contributed by atoms with E-state index in [1.165, 1.54) is 0 Å². The highest BCUT2D eigenvalue weighted by atomic mass is 16.6. The van der Waals surface area contributed by atoms with Gasteiger partial charge in [-0.15, -0.1) is 0 Å².